The van der Waals surface area contributed by atoms with Crippen LogP contribution in [0, 0.1) is 0 Å². The summed E-state index contributed by atoms with van der Waals surface area (Å²) in [4.78, 5) is 24.9. The van der Waals surface area contributed by atoms with Crippen LogP contribution in [0.2, 0.25) is 0 Å². The van der Waals surface area contributed by atoms with E-state index in [9.17, 15) is 9.59 Å². The van der Waals surface area contributed by atoms with Crippen LogP contribution < -0.4 is 4.57 Å². The van der Waals surface area contributed by atoms with Gasteiger partial charge in [-0.3, -0.25) is 0 Å². The second-order valence-electron chi connectivity index (χ2n) is 5.90. The quantitative estimate of drug-likeness (QED) is 0.303. The highest BCUT2D eigenvalue weighted by Crippen LogP contribution is 2.13. The first-order chi connectivity index (χ1) is 12.1. The molecule has 134 valence electrons. The summed E-state index contributed by atoms with van der Waals surface area (Å²) < 4.78 is 13.9. The van der Waals surface area contributed by atoms with Gasteiger partial charge in [0.2, 0.25) is 6.33 Å². The second-order valence-corrected chi connectivity index (χ2v) is 5.90. The summed E-state index contributed by atoms with van der Waals surface area (Å²) in [5, 5.41) is 0. The van der Waals surface area contributed by atoms with Crippen molar-refractivity contribution >= 4 is 11.9 Å². The Balaban J connectivity index is 2.03. The number of rotatable bonds is 9. The van der Waals surface area contributed by atoms with Crippen LogP contribution in [0.15, 0.2) is 49.1 Å². The van der Waals surface area contributed by atoms with Gasteiger partial charge in [-0.25, -0.2) is 18.7 Å². The van der Waals surface area contributed by atoms with E-state index in [1.807, 2.05) is 37.4 Å². The average Bonchev–Trinajstić information content (AvgIpc) is 3.04. The molecule has 0 saturated heterocycles. The van der Waals surface area contributed by atoms with Crippen molar-refractivity contribution < 1.29 is 23.6 Å². The Hall–Kier alpha value is -2.63. The van der Waals surface area contributed by atoms with Crippen molar-refractivity contribution in [2.45, 2.75) is 38.8 Å². The van der Waals surface area contributed by atoms with Crippen molar-refractivity contribution in [3.05, 3.63) is 54.6 Å². The molecule has 25 heavy (non-hydrogen) atoms. The fourth-order valence-corrected chi connectivity index (χ4v) is 2.37. The molecule has 0 aliphatic carbocycles. The average molecular weight is 345 g/mol. The molecule has 2 rings (SSSR count). The largest absolute Gasteiger partial charge is 0.462 e. The van der Waals surface area contributed by atoms with Gasteiger partial charge < -0.3 is 9.47 Å². The van der Waals surface area contributed by atoms with Crippen LogP contribution in [0.4, 0.5) is 0 Å². The van der Waals surface area contributed by atoms with Crippen LogP contribution in [0.3, 0.4) is 0 Å². The van der Waals surface area contributed by atoms with Crippen LogP contribution in [0.1, 0.15) is 37.8 Å². The predicted octanol–water partition coefficient (Wildman–Crippen LogP) is 2.33. The van der Waals surface area contributed by atoms with Gasteiger partial charge in [0, 0.05) is 0 Å². The molecule has 0 saturated carbocycles. The van der Waals surface area contributed by atoms with Crippen LogP contribution in [-0.2, 0) is 32.7 Å². The summed E-state index contributed by atoms with van der Waals surface area (Å²) in [6.45, 7) is 2.50. The molecule has 0 spiro atoms. The number of hydrogen-bond acceptors (Lipinski definition) is 4. The van der Waals surface area contributed by atoms with Crippen molar-refractivity contribution in [2.24, 2.45) is 7.05 Å². The smallest absolute Gasteiger partial charge is 0.364 e. The molecule has 0 radical (unpaired) electrons. The Morgan fingerprint density at radius 1 is 1.12 bits per heavy atom. The minimum atomic E-state index is -1.13. The molecule has 0 aliphatic rings. The number of nitrogens with zero attached hydrogens (tertiary/aromatic N) is 2. The molecule has 2 aromatic rings. The van der Waals surface area contributed by atoms with Crippen molar-refractivity contribution in [1.29, 1.82) is 0 Å². The van der Waals surface area contributed by atoms with E-state index in [-0.39, 0.29) is 6.61 Å². The number of aryl methyl sites for hydroxylation is 1. The maximum Gasteiger partial charge on any atom is 0.364 e. The van der Waals surface area contributed by atoms with E-state index < -0.39 is 18.0 Å². The van der Waals surface area contributed by atoms with Gasteiger partial charge in [0.1, 0.15) is 19.0 Å². The Labute approximate surface area is 148 Å². The molecule has 0 N–H and O–H groups in total. The third-order valence-electron chi connectivity index (χ3n) is 3.75. The minimum absolute atomic E-state index is 0.118. The number of ether oxygens (including phenoxy) is 2. The third kappa shape index (κ3) is 5.74. The first kappa shape index (κ1) is 18.7. The summed E-state index contributed by atoms with van der Waals surface area (Å²) in [6.07, 6.45) is 7.86. The number of benzene rings is 1. The van der Waals surface area contributed by atoms with Gasteiger partial charge in [0.15, 0.2) is 0 Å². The molecule has 0 amide bonds. The third-order valence-corrected chi connectivity index (χ3v) is 3.75. The Morgan fingerprint density at radius 3 is 2.48 bits per heavy atom. The van der Waals surface area contributed by atoms with E-state index in [0.29, 0.717) is 6.61 Å². The van der Waals surface area contributed by atoms with Gasteiger partial charge in [0.05, 0.1) is 13.7 Å². The number of imidazole rings is 1. The summed E-state index contributed by atoms with van der Waals surface area (Å²) in [6, 6.07) is 8.22. The lowest BCUT2D eigenvalue weighted by Gasteiger charge is -2.13. The van der Waals surface area contributed by atoms with Crippen molar-refractivity contribution in [2.75, 3.05) is 6.61 Å². The molecule has 0 aliphatic heterocycles. The highest BCUT2D eigenvalue weighted by atomic mass is 16.6. The minimum Gasteiger partial charge on any atom is -0.462 e. The zero-order chi connectivity index (χ0) is 18.1. The highest BCUT2D eigenvalue weighted by molar-refractivity contribution is 5.97. The maximum absolute atomic E-state index is 12.5. The molecular weight excluding hydrogens is 320 g/mol. The molecule has 0 fully saturated rings. The SMILES string of the molecule is CCCCCOC(=O)[C@H](C(=O)OCc1ccccc1)n1cc[n+](C)c1. The van der Waals surface area contributed by atoms with E-state index >= 15 is 0 Å². The topological polar surface area (TPSA) is 61.4 Å². The van der Waals surface area contributed by atoms with Crippen molar-refractivity contribution in [1.82, 2.24) is 4.57 Å². The van der Waals surface area contributed by atoms with E-state index in [1.54, 1.807) is 23.3 Å². The molecule has 1 aromatic heterocycles. The van der Waals surface area contributed by atoms with Gasteiger partial charge in [-0.2, -0.15) is 0 Å². The van der Waals surface area contributed by atoms with Crippen LogP contribution in [0.5, 0.6) is 0 Å². The highest BCUT2D eigenvalue weighted by Gasteiger charge is 2.36. The van der Waals surface area contributed by atoms with Crippen LogP contribution in [-0.4, -0.2) is 23.1 Å². The van der Waals surface area contributed by atoms with Gasteiger partial charge in [-0.1, -0.05) is 50.1 Å². The van der Waals surface area contributed by atoms with E-state index in [0.717, 1.165) is 24.8 Å². The number of esters is 2. The fraction of sp³-hybridized carbons (Fsp3) is 0.421. The van der Waals surface area contributed by atoms with Crippen molar-refractivity contribution in [3.63, 3.8) is 0 Å². The van der Waals surface area contributed by atoms with E-state index in [4.69, 9.17) is 9.47 Å². The molecular formula is C19H25N2O4+. The predicted molar refractivity (Wildman–Crippen MR) is 91.4 cm³/mol. The molecule has 0 bridgehead atoms. The van der Waals surface area contributed by atoms with E-state index in [2.05, 4.69) is 6.92 Å². The van der Waals surface area contributed by atoms with Gasteiger partial charge >= 0.3 is 11.9 Å². The first-order valence-corrected chi connectivity index (χ1v) is 8.51. The lowest BCUT2D eigenvalue weighted by atomic mass is 10.2. The molecule has 6 nitrogen and oxygen atoms in total. The zero-order valence-electron chi connectivity index (χ0n) is 14.8. The van der Waals surface area contributed by atoms with Crippen LogP contribution in [0.25, 0.3) is 0 Å². The zero-order valence-corrected chi connectivity index (χ0v) is 14.8. The molecule has 1 heterocycles. The first-order valence-electron chi connectivity index (χ1n) is 8.51. The van der Waals surface area contributed by atoms with Crippen molar-refractivity contribution in [3.8, 4) is 0 Å². The number of carbonyl (C=O) groups is 2. The number of hydrogen-bond donors (Lipinski definition) is 0. The Bertz CT molecular complexity index is 682. The molecule has 1 atom stereocenters. The van der Waals surface area contributed by atoms with E-state index in [1.165, 1.54) is 4.57 Å². The second kappa shape index (κ2) is 9.61. The lowest BCUT2D eigenvalue weighted by Crippen LogP contribution is -2.32. The Kier molecular flexibility index (Phi) is 7.19. The monoisotopic (exact) mass is 345 g/mol. The van der Waals surface area contributed by atoms with Gasteiger partial charge in [0.25, 0.3) is 6.04 Å². The molecule has 0 unspecified atom stereocenters. The van der Waals surface area contributed by atoms with Gasteiger partial charge in [-0.05, 0) is 12.0 Å². The standard InChI is InChI=1S/C19H25N2O4/c1-3-4-8-13-24-18(22)17(21-12-11-20(2)15-21)19(23)25-14-16-9-6-5-7-10-16/h5-7,9-12,15,17H,3-4,8,13-14H2,1-2H3/q+1/t17-/m1/s1. The number of carbonyl (C=O) groups excluding carboxylic acids is 2. The fourth-order valence-electron chi connectivity index (χ4n) is 2.37. The summed E-state index contributed by atoms with van der Waals surface area (Å²) in [7, 11) is 1.81. The number of aromatic nitrogens is 2. The maximum atomic E-state index is 12.5. The normalized spacial score (nSPS) is 11.8. The van der Waals surface area contributed by atoms with Crippen LogP contribution >= 0.6 is 0 Å². The molecule has 6 heteroatoms. The Morgan fingerprint density at radius 2 is 1.84 bits per heavy atom. The summed E-state index contributed by atoms with van der Waals surface area (Å²) in [5.41, 5.74) is 0.865. The number of unbranched alkanes of at least 4 members (excludes halogenated alkanes) is 2. The summed E-state index contributed by atoms with van der Waals surface area (Å²) in [5.74, 6) is -1.22. The lowest BCUT2D eigenvalue weighted by molar-refractivity contribution is -0.671. The molecule has 1 aromatic carbocycles. The summed E-state index contributed by atoms with van der Waals surface area (Å²) >= 11 is 0. The van der Waals surface area contributed by atoms with Gasteiger partial charge in [-0.15, -0.1) is 0 Å².